The van der Waals surface area contributed by atoms with Crippen LogP contribution in [0.3, 0.4) is 0 Å². The van der Waals surface area contributed by atoms with Gasteiger partial charge in [-0.15, -0.1) is 0 Å². The summed E-state index contributed by atoms with van der Waals surface area (Å²) in [7, 11) is 0. The summed E-state index contributed by atoms with van der Waals surface area (Å²) in [5.74, 6) is 0. The van der Waals surface area contributed by atoms with Crippen LogP contribution >= 0.6 is 11.6 Å². The number of hydrogen-bond donors (Lipinski definition) is 1. The third-order valence-electron chi connectivity index (χ3n) is 5.29. The molecule has 4 aromatic rings. The molecule has 0 unspecified atom stereocenters. The van der Waals surface area contributed by atoms with Crippen LogP contribution in [0.15, 0.2) is 79.0 Å². The van der Waals surface area contributed by atoms with Crippen molar-refractivity contribution in [2.45, 2.75) is 26.4 Å². The van der Waals surface area contributed by atoms with E-state index in [-0.39, 0.29) is 0 Å². The molecule has 4 rings (SSSR count). The van der Waals surface area contributed by atoms with Crippen LogP contribution < -0.4 is 5.32 Å². The molecule has 1 N–H and O–H groups in total. The van der Waals surface area contributed by atoms with E-state index in [4.69, 9.17) is 11.6 Å². The molecule has 1 heterocycles. The fourth-order valence-corrected chi connectivity index (χ4v) is 3.80. The highest BCUT2D eigenvalue weighted by Crippen LogP contribution is 2.23. The molecule has 0 amide bonds. The predicted octanol–water partition coefficient (Wildman–Crippen LogP) is 5.98. The first-order valence-corrected chi connectivity index (χ1v) is 10.1. The number of nitrogens with zero attached hydrogens (tertiary/aromatic N) is 1. The first kappa shape index (κ1) is 18.8. The number of aromatic nitrogens is 1. The summed E-state index contributed by atoms with van der Waals surface area (Å²) in [6.45, 7) is 4.89. The smallest absolute Gasteiger partial charge is 0.0486 e. The Morgan fingerprint density at radius 2 is 1.61 bits per heavy atom. The van der Waals surface area contributed by atoms with Gasteiger partial charge in [0.2, 0.25) is 0 Å². The number of fused-ring (bicyclic) bond motifs is 1. The van der Waals surface area contributed by atoms with Crippen molar-refractivity contribution in [2.24, 2.45) is 0 Å². The van der Waals surface area contributed by atoms with E-state index in [0.29, 0.717) is 0 Å². The zero-order chi connectivity index (χ0) is 19.3. The molecule has 28 heavy (non-hydrogen) atoms. The van der Waals surface area contributed by atoms with E-state index in [0.717, 1.165) is 31.1 Å². The van der Waals surface area contributed by atoms with Crippen molar-refractivity contribution in [1.82, 2.24) is 9.88 Å². The number of para-hydroxylation sites is 1. The van der Waals surface area contributed by atoms with Crippen LogP contribution in [-0.2, 0) is 19.5 Å². The molecule has 0 aliphatic heterocycles. The SMILES string of the molecule is Cc1ccccc1Cn1cc(CNCCc2ccc(Cl)cc2)c2ccccc21. The van der Waals surface area contributed by atoms with Gasteiger partial charge in [-0.05, 0) is 60.3 Å². The molecule has 2 nitrogen and oxygen atoms in total. The lowest BCUT2D eigenvalue weighted by Gasteiger charge is -2.08. The summed E-state index contributed by atoms with van der Waals surface area (Å²) >= 11 is 5.96. The zero-order valence-corrected chi connectivity index (χ0v) is 16.9. The lowest BCUT2D eigenvalue weighted by Crippen LogP contribution is -2.16. The average molecular weight is 389 g/mol. The van der Waals surface area contributed by atoms with Crippen LogP contribution in [0.25, 0.3) is 10.9 Å². The Kier molecular flexibility index (Phi) is 5.80. The molecule has 0 atom stereocenters. The summed E-state index contributed by atoms with van der Waals surface area (Å²) in [6, 6.07) is 25.4. The van der Waals surface area contributed by atoms with Crippen LogP contribution in [0.2, 0.25) is 5.02 Å². The maximum atomic E-state index is 5.96. The second-order valence-electron chi connectivity index (χ2n) is 7.28. The number of aryl methyl sites for hydroxylation is 1. The van der Waals surface area contributed by atoms with Crippen molar-refractivity contribution >= 4 is 22.5 Å². The van der Waals surface area contributed by atoms with Crippen molar-refractivity contribution in [3.8, 4) is 0 Å². The number of benzene rings is 3. The molecule has 0 saturated heterocycles. The Morgan fingerprint density at radius 3 is 2.43 bits per heavy atom. The summed E-state index contributed by atoms with van der Waals surface area (Å²) in [5, 5.41) is 5.72. The topological polar surface area (TPSA) is 17.0 Å². The van der Waals surface area contributed by atoms with E-state index in [9.17, 15) is 0 Å². The van der Waals surface area contributed by atoms with Crippen LogP contribution in [0.5, 0.6) is 0 Å². The zero-order valence-electron chi connectivity index (χ0n) is 16.2. The molecule has 0 saturated carbocycles. The molecule has 3 heteroatoms. The lowest BCUT2D eigenvalue weighted by molar-refractivity contribution is 0.686. The van der Waals surface area contributed by atoms with Gasteiger partial charge in [0.15, 0.2) is 0 Å². The third-order valence-corrected chi connectivity index (χ3v) is 5.54. The standard InChI is InChI=1S/C25H25ClN2/c1-19-6-2-3-7-21(19)17-28-18-22(24-8-4-5-9-25(24)28)16-27-15-14-20-10-12-23(26)13-11-20/h2-13,18,27H,14-17H2,1H3. The minimum absolute atomic E-state index is 0.790. The Bertz CT molecular complexity index is 1060. The summed E-state index contributed by atoms with van der Waals surface area (Å²) in [4.78, 5) is 0. The molecule has 1 aromatic heterocycles. The van der Waals surface area contributed by atoms with Crippen LogP contribution in [0, 0.1) is 6.92 Å². The van der Waals surface area contributed by atoms with E-state index in [2.05, 4.69) is 83.7 Å². The van der Waals surface area contributed by atoms with E-state index in [1.807, 2.05) is 12.1 Å². The minimum atomic E-state index is 0.790. The molecular weight excluding hydrogens is 364 g/mol. The highest BCUT2D eigenvalue weighted by atomic mass is 35.5. The van der Waals surface area contributed by atoms with Gasteiger partial charge in [-0.2, -0.15) is 0 Å². The van der Waals surface area contributed by atoms with Gasteiger partial charge >= 0.3 is 0 Å². The van der Waals surface area contributed by atoms with Gasteiger partial charge in [-0.3, -0.25) is 0 Å². The van der Waals surface area contributed by atoms with E-state index < -0.39 is 0 Å². The predicted molar refractivity (Wildman–Crippen MR) is 119 cm³/mol. The number of halogens is 1. The van der Waals surface area contributed by atoms with Crippen molar-refractivity contribution in [3.05, 3.63) is 106 Å². The monoisotopic (exact) mass is 388 g/mol. The van der Waals surface area contributed by atoms with Crippen molar-refractivity contribution < 1.29 is 0 Å². The second kappa shape index (κ2) is 8.64. The molecule has 0 fully saturated rings. The van der Waals surface area contributed by atoms with Gasteiger partial charge in [-0.1, -0.05) is 66.2 Å². The van der Waals surface area contributed by atoms with E-state index in [1.54, 1.807) is 0 Å². The quantitative estimate of drug-likeness (QED) is 0.385. The van der Waals surface area contributed by atoms with Crippen molar-refractivity contribution in [2.75, 3.05) is 6.54 Å². The molecule has 0 aliphatic rings. The number of rotatable bonds is 7. The van der Waals surface area contributed by atoms with Gasteiger partial charge in [0.1, 0.15) is 0 Å². The van der Waals surface area contributed by atoms with Crippen molar-refractivity contribution in [1.29, 1.82) is 0 Å². The number of nitrogens with one attached hydrogen (secondary N) is 1. The molecular formula is C25H25ClN2. The largest absolute Gasteiger partial charge is 0.343 e. The Labute approximate surface area is 171 Å². The molecule has 0 aliphatic carbocycles. The van der Waals surface area contributed by atoms with Crippen LogP contribution in [0.4, 0.5) is 0 Å². The summed E-state index contributed by atoms with van der Waals surface area (Å²) < 4.78 is 2.37. The first-order chi connectivity index (χ1) is 13.7. The normalized spacial score (nSPS) is 11.2. The first-order valence-electron chi connectivity index (χ1n) is 9.77. The summed E-state index contributed by atoms with van der Waals surface area (Å²) in [6.07, 6.45) is 3.30. The van der Waals surface area contributed by atoms with Gasteiger partial charge in [0, 0.05) is 35.2 Å². The van der Waals surface area contributed by atoms with Gasteiger partial charge in [0.25, 0.3) is 0 Å². The van der Waals surface area contributed by atoms with Gasteiger partial charge in [-0.25, -0.2) is 0 Å². The second-order valence-corrected chi connectivity index (χ2v) is 7.72. The van der Waals surface area contributed by atoms with E-state index >= 15 is 0 Å². The van der Waals surface area contributed by atoms with Crippen LogP contribution in [-0.4, -0.2) is 11.1 Å². The van der Waals surface area contributed by atoms with E-state index in [1.165, 1.54) is 33.2 Å². The molecule has 0 spiro atoms. The Hall–Kier alpha value is -2.55. The number of hydrogen-bond acceptors (Lipinski definition) is 1. The highest BCUT2D eigenvalue weighted by Gasteiger charge is 2.09. The average Bonchev–Trinajstić information content (AvgIpc) is 3.06. The maximum Gasteiger partial charge on any atom is 0.0486 e. The fourth-order valence-electron chi connectivity index (χ4n) is 3.67. The highest BCUT2D eigenvalue weighted by molar-refractivity contribution is 6.30. The molecule has 142 valence electrons. The van der Waals surface area contributed by atoms with Gasteiger partial charge < -0.3 is 9.88 Å². The van der Waals surface area contributed by atoms with Crippen molar-refractivity contribution in [3.63, 3.8) is 0 Å². The maximum absolute atomic E-state index is 5.96. The molecule has 0 radical (unpaired) electrons. The molecule has 3 aromatic carbocycles. The fraction of sp³-hybridized carbons (Fsp3) is 0.200. The Balaban J connectivity index is 1.46. The lowest BCUT2D eigenvalue weighted by atomic mass is 10.1. The molecule has 0 bridgehead atoms. The van der Waals surface area contributed by atoms with Gasteiger partial charge in [0.05, 0.1) is 0 Å². The minimum Gasteiger partial charge on any atom is -0.343 e. The third kappa shape index (κ3) is 4.30. The summed E-state index contributed by atoms with van der Waals surface area (Å²) in [5.41, 5.74) is 6.65. The van der Waals surface area contributed by atoms with Crippen LogP contribution in [0.1, 0.15) is 22.3 Å². The Morgan fingerprint density at radius 1 is 0.857 bits per heavy atom.